The molecule has 0 aromatic carbocycles. The van der Waals surface area contributed by atoms with Crippen molar-refractivity contribution in [3.05, 3.63) is 12.8 Å². The van der Waals surface area contributed by atoms with Crippen molar-refractivity contribution in [2.75, 3.05) is 0 Å². The molecule has 0 atom stereocenters. The Balaban J connectivity index is -0.000000138. The minimum Gasteiger partial charge on any atom is -0.287 e. The van der Waals surface area contributed by atoms with E-state index in [1.54, 1.807) is 6.21 Å². The van der Waals surface area contributed by atoms with Gasteiger partial charge in [-0.05, 0) is 6.42 Å². The average molecular weight is 158 g/mol. The molecule has 2 heteroatoms. The van der Waals surface area contributed by atoms with Crippen molar-refractivity contribution >= 4 is 6.21 Å². The van der Waals surface area contributed by atoms with Crippen LogP contribution in [0, 0.1) is 0 Å². The Hall–Kier alpha value is -0.790. The Labute approximate surface area is 71.4 Å². The second-order valence-corrected chi connectivity index (χ2v) is 1.05. The first-order chi connectivity index (χ1) is 5.41. The van der Waals surface area contributed by atoms with Crippen LogP contribution in [0.3, 0.4) is 0 Å². The molecular weight excluding hydrogens is 136 g/mol. The summed E-state index contributed by atoms with van der Waals surface area (Å²) in [6, 6.07) is 0. The highest BCUT2D eigenvalue weighted by Gasteiger charge is 1.60. The lowest BCUT2D eigenvalue weighted by Gasteiger charge is -1.81. The molecular formula is C9H22N2. The SMILES string of the molecule is C=CN/N=C\CC.CC.CC. The van der Waals surface area contributed by atoms with Crippen molar-refractivity contribution in [1.29, 1.82) is 0 Å². The summed E-state index contributed by atoms with van der Waals surface area (Å²) in [5, 5.41) is 3.72. The fourth-order valence-corrected chi connectivity index (χ4v) is 0.197. The van der Waals surface area contributed by atoms with Crippen molar-refractivity contribution < 1.29 is 0 Å². The Morgan fingerprint density at radius 3 is 2.00 bits per heavy atom. The van der Waals surface area contributed by atoms with Crippen LogP contribution >= 0.6 is 0 Å². The molecule has 0 aliphatic carbocycles. The lowest BCUT2D eigenvalue weighted by Crippen LogP contribution is -1.90. The van der Waals surface area contributed by atoms with Crippen molar-refractivity contribution in [1.82, 2.24) is 5.43 Å². The summed E-state index contributed by atoms with van der Waals surface area (Å²) in [4.78, 5) is 0. The third-order valence-electron chi connectivity index (χ3n) is 0.440. The molecule has 0 saturated carbocycles. The van der Waals surface area contributed by atoms with Crippen molar-refractivity contribution in [3.63, 3.8) is 0 Å². The largest absolute Gasteiger partial charge is 0.287 e. The lowest BCUT2D eigenvalue weighted by atomic mass is 10.6. The van der Waals surface area contributed by atoms with Crippen LogP contribution in [0.25, 0.3) is 0 Å². The van der Waals surface area contributed by atoms with Crippen molar-refractivity contribution in [3.8, 4) is 0 Å². The molecule has 68 valence electrons. The van der Waals surface area contributed by atoms with E-state index in [1.165, 1.54) is 6.20 Å². The summed E-state index contributed by atoms with van der Waals surface area (Å²) in [6.45, 7) is 13.4. The molecule has 0 saturated heterocycles. The maximum absolute atomic E-state index is 3.72. The molecule has 0 fully saturated rings. The van der Waals surface area contributed by atoms with E-state index in [-0.39, 0.29) is 0 Å². The molecule has 0 rings (SSSR count). The normalized spacial score (nSPS) is 7.00. The summed E-state index contributed by atoms with van der Waals surface area (Å²) < 4.78 is 0. The van der Waals surface area contributed by atoms with Crippen LogP contribution in [0.15, 0.2) is 17.9 Å². The fourth-order valence-electron chi connectivity index (χ4n) is 0.197. The van der Waals surface area contributed by atoms with Gasteiger partial charge >= 0.3 is 0 Å². The molecule has 0 aliphatic rings. The average Bonchev–Trinajstić information content (AvgIpc) is 2.13. The third-order valence-corrected chi connectivity index (χ3v) is 0.440. The molecule has 0 heterocycles. The lowest BCUT2D eigenvalue weighted by molar-refractivity contribution is 0.970. The second kappa shape index (κ2) is 35.0. The minimum absolute atomic E-state index is 0.959. The van der Waals surface area contributed by atoms with Crippen LogP contribution < -0.4 is 5.43 Å². The smallest absolute Gasteiger partial charge is 0.0243 e. The predicted molar refractivity (Wildman–Crippen MR) is 54.8 cm³/mol. The van der Waals surface area contributed by atoms with E-state index in [1.807, 2.05) is 34.6 Å². The minimum atomic E-state index is 0.959. The number of nitrogens with zero attached hydrogens (tertiary/aromatic N) is 1. The van der Waals surface area contributed by atoms with Gasteiger partial charge < -0.3 is 0 Å². The van der Waals surface area contributed by atoms with Crippen LogP contribution in [-0.2, 0) is 0 Å². The van der Waals surface area contributed by atoms with E-state index >= 15 is 0 Å². The number of rotatable bonds is 3. The number of hydrogen-bond donors (Lipinski definition) is 1. The first-order valence-electron chi connectivity index (χ1n) is 4.29. The summed E-state index contributed by atoms with van der Waals surface area (Å²) in [5.41, 5.74) is 2.58. The number of hydrazone groups is 1. The second-order valence-electron chi connectivity index (χ2n) is 1.05. The first kappa shape index (κ1) is 16.7. The van der Waals surface area contributed by atoms with E-state index in [9.17, 15) is 0 Å². The van der Waals surface area contributed by atoms with Crippen LogP contribution in [-0.4, -0.2) is 6.21 Å². The van der Waals surface area contributed by atoms with Gasteiger partial charge in [0.15, 0.2) is 0 Å². The molecule has 11 heavy (non-hydrogen) atoms. The van der Waals surface area contributed by atoms with Gasteiger partial charge in [-0.15, -0.1) is 0 Å². The molecule has 0 unspecified atom stereocenters. The molecule has 0 radical (unpaired) electrons. The predicted octanol–water partition coefficient (Wildman–Crippen LogP) is 3.17. The fraction of sp³-hybridized carbons (Fsp3) is 0.667. The quantitative estimate of drug-likeness (QED) is 0.495. The van der Waals surface area contributed by atoms with Gasteiger partial charge in [0.2, 0.25) is 0 Å². The van der Waals surface area contributed by atoms with Gasteiger partial charge in [0.25, 0.3) is 0 Å². The zero-order valence-electron chi connectivity index (χ0n) is 8.52. The standard InChI is InChI=1S/C5H10N2.2C2H6/c1-3-5-7-6-4-2;2*1-2/h4-6H,2-3H2,1H3;2*1-2H3/b7-5-;;. The Morgan fingerprint density at radius 1 is 1.27 bits per heavy atom. The zero-order valence-corrected chi connectivity index (χ0v) is 8.52. The summed E-state index contributed by atoms with van der Waals surface area (Å²) in [5.74, 6) is 0. The monoisotopic (exact) mass is 158 g/mol. The van der Waals surface area contributed by atoms with Gasteiger partial charge in [-0.1, -0.05) is 41.2 Å². The van der Waals surface area contributed by atoms with Gasteiger partial charge in [0, 0.05) is 12.4 Å². The summed E-state index contributed by atoms with van der Waals surface area (Å²) >= 11 is 0. The maximum atomic E-state index is 3.72. The first-order valence-corrected chi connectivity index (χ1v) is 4.29. The van der Waals surface area contributed by atoms with E-state index < -0.39 is 0 Å². The molecule has 0 aliphatic heterocycles. The molecule has 0 spiro atoms. The molecule has 0 bridgehead atoms. The highest BCUT2D eigenvalue weighted by Crippen LogP contribution is 1.63. The molecule has 0 aromatic rings. The van der Waals surface area contributed by atoms with Crippen LogP contribution in [0.2, 0.25) is 0 Å². The van der Waals surface area contributed by atoms with E-state index in [2.05, 4.69) is 17.1 Å². The molecule has 0 aromatic heterocycles. The highest BCUT2D eigenvalue weighted by molar-refractivity contribution is 5.56. The van der Waals surface area contributed by atoms with Gasteiger partial charge in [-0.25, -0.2) is 0 Å². The summed E-state index contributed by atoms with van der Waals surface area (Å²) in [6.07, 6.45) is 4.27. The Morgan fingerprint density at radius 2 is 1.73 bits per heavy atom. The summed E-state index contributed by atoms with van der Waals surface area (Å²) in [7, 11) is 0. The van der Waals surface area contributed by atoms with Crippen LogP contribution in [0.5, 0.6) is 0 Å². The molecule has 2 nitrogen and oxygen atoms in total. The van der Waals surface area contributed by atoms with E-state index in [0.717, 1.165) is 6.42 Å². The van der Waals surface area contributed by atoms with Gasteiger partial charge in [0.1, 0.15) is 0 Å². The van der Waals surface area contributed by atoms with Gasteiger partial charge in [-0.3, -0.25) is 5.43 Å². The molecule has 1 N–H and O–H groups in total. The van der Waals surface area contributed by atoms with Crippen molar-refractivity contribution in [2.45, 2.75) is 41.0 Å². The number of hydrogen-bond acceptors (Lipinski definition) is 2. The highest BCUT2D eigenvalue weighted by atomic mass is 15.3. The Kier molecular flexibility index (Phi) is 53.0. The van der Waals surface area contributed by atoms with Gasteiger partial charge in [-0.2, -0.15) is 5.10 Å². The third kappa shape index (κ3) is 46.5. The van der Waals surface area contributed by atoms with Crippen LogP contribution in [0.1, 0.15) is 41.0 Å². The van der Waals surface area contributed by atoms with Crippen LogP contribution in [0.4, 0.5) is 0 Å². The van der Waals surface area contributed by atoms with E-state index in [4.69, 9.17) is 0 Å². The Bertz CT molecular complexity index is 68.0. The van der Waals surface area contributed by atoms with Crippen molar-refractivity contribution in [2.24, 2.45) is 5.10 Å². The zero-order chi connectivity index (χ0) is 9.54. The molecule has 0 amide bonds. The maximum Gasteiger partial charge on any atom is 0.0243 e. The number of nitrogens with one attached hydrogen (secondary N) is 1. The topological polar surface area (TPSA) is 24.4 Å². The van der Waals surface area contributed by atoms with Gasteiger partial charge in [0.05, 0.1) is 0 Å². The van der Waals surface area contributed by atoms with E-state index in [0.29, 0.717) is 0 Å².